The molecule has 0 saturated heterocycles. The molecule has 1 aliphatic carbocycles. The molecule has 1 aromatic carbocycles. The molecule has 0 saturated carbocycles. The maximum atomic E-state index is 11.4. The van der Waals surface area contributed by atoms with E-state index < -0.39 is 17.7 Å². The lowest BCUT2D eigenvalue weighted by Gasteiger charge is -2.20. The van der Waals surface area contributed by atoms with Crippen LogP contribution in [0.3, 0.4) is 0 Å². The Morgan fingerprint density at radius 2 is 2.00 bits per heavy atom. The van der Waals surface area contributed by atoms with E-state index in [4.69, 9.17) is 11.5 Å². The molecule has 0 fully saturated rings. The van der Waals surface area contributed by atoms with E-state index in [1.807, 2.05) is 18.2 Å². The maximum absolute atomic E-state index is 11.4. The van der Waals surface area contributed by atoms with Crippen molar-refractivity contribution in [3.8, 4) is 0 Å². The predicted molar refractivity (Wildman–Crippen MR) is 64.0 cm³/mol. The highest BCUT2D eigenvalue weighted by Crippen LogP contribution is 2.39. The van der Waals surface area contributed by atoms with Crippen LogP contribution in [0.4, 0.5) is 0 Å². The third-order valence-electron chi connectivity index (χ3n) is 3.45. The summed E-state index contributed by atoms with van der Waals surface area (Å²) in [6.45, 7) is 0. The smallest absolute Gasteiger partial charge is 0.221 e. The van der Waals surface area contributed by atoms with Gasteiger partial charge in [-0.05, 0) is 29.9 Å². The molecule has 0 heterocycles. The van der Waals surface area contributed by atoms with E-state index >= 15 is 0 Å². The molecule has 0 aliphatic heterocycles. The van der Waals surface area contributed by atoms with Crippen LogP contribution < -0.4 is 11.5 Å². The lowest BCUT2D eigenvalue weighted by Crippen LogP contribution is -2.32. The van der Waals surface area contributed by atoms with Crippen molar-refractivity contribution in [2.24, 2.45) is 17.4 Å². The number of fused-ring (bicyclic) bond motifs is 1. The Kier molecular flexibility index (Phi) is 3.13. The summed E-state index contributed by atoms with van der Waals surface area (Å²) in [7, 11) is 0. The number of hydrogen-bond acceptors (Lipinski definition) is 2. The monoisotopic (exact) mass is 232 g/mol. The Bertz CT molecular complexity index is 456. The summed E-state index contributed by atoms with van der Waals surface area (Å²) >= 11 is 0. The number of rotatable bonds is 4. The highest BCUT2D eigenvalue weighted by Gasteiger charge is 2.33. The summed E-state index contributed by atoms with van der Waals surface area (Å²) < 4.78 is 0. The van der Waals surface area contributed by atoms with Crippen molar-refractivity contribution >= 4 is 11.8 Å². The zero-order valence-electron chi connectivity index (χ0n) is 9.56. The molecule has 4 N–H and O–H groups in total. The number of amides is 2. The fraction of sp³-hybridized carbons (Fsp3) is 0.385. The number of benzene rings is 1. The van der Waals surface area contributed by atoms with Gasteiger partial charge in [-0.3, -0.25) is 9.59 Å². The molecule has 1 aromatic rings. The molecule has 17 heavy (non-hydrogen) atoms. The van der Waals surface area contributed by atoms with Gasteiger partial charge in [0.05, 0.1) is 5.92 Å². The summed E-state index contributed by atoms with van der Waals surface area (Å²) in [5.41, 5.74) is 12.9. The van der Waals surface area contributed by atoms with Crippen LogP contribution in [-0.4, -0.2) is 11.8 Å². The van der Waals surface area contributed by atoms with Gasteiger partial charge >= 0.3 is 0 Å². The first-order chi connectivity index (χ1) is 8.09. The lowest BCUT2D eigenvalue weighted by molar-refractivity contribution is -0.127. The van der Waals surface area contributed by atoms with Gasteiger partial charge in [-0.25, -0.2) is 0 Å². The first kappa shape index (κ1) is 11.6. The van der Waals surface area contributed by atoms with Gasteiger partial charge < -0.3 is 11.5 Å². The molecular weight excluding hydrogens is 216 g/mol. The minimum atomic E-state index is -0.476. The van der Waals surface area contributed by atoms with Crippen molar-refractivity contribution in [3.63, 3.8) is 0 Å². The van der Waals surface area contributed by atoms with Crippen LogP contribution in [0.15, 0.2) is 24.3 Å². The molecule has 90 valence electrons. The van der Waals surface area contributed by atoms with Crippen LogP contribution in [0.5, 0.6) is 0 Å². The van der Waals surface area contributed by atoms with Gasteiger partial charge in [0, 0.05) is 6.42 Å². The third kappa shape index (κ3) is 2.30. The largest absolute Gasteiger partial charge is 0.370 e. The summed E-state index contributed by atoms with van der Waals surface area (Å²) in [4.78, 5) is 22.4. The van der Waals surface area contributed by atoms with E-state index in [1.165, 1.54) is 5.56 Å². The molecule has 0 bridgehead atoms. The second-order valence-corrected chi connectivity index (χ2v) is 4.52. The van der Waals surface area contributed by atoms with Crippen molar-refractivity contribution < 1.29 is 9.59 Å². The predicted octanol–water partition coefficient (Wildman–Crippen LogP) is 0.693. The molecule has 4 heteroatoms. The topological polar surface area (TPSA) is 86.2 Å². The van der Waals surface area contributed by atoms with Gasteiger partial charge in [-0.15, -0.1) is 0 Å². The quantitative estimate of drug-likeness (QED) is 0.800. The van der Waals surface area contributed by atoms with Crippen molar-refractivity contribution in [2.45, 2.75) is 25.2 Å². The number of primary amides is 2. The SMILES string of the molecule is NC(=O)CC(C(N)=O)C1CCc2ccccc21. The van der Waals surface area contributed by atoms with Crippen LogP contribution in [0.1, 0.15) is 29.9 Å². The van der Waals surface area contributed by atoms with Crippen molar-refractivity contribution in [1.29, 1.82) is 0 Å². The van der Waals surface area contributed by atoms with E-state index in [1.54, 1.807) is 0 Å². The van der Waals surface area contributed by atoms with E-state index in [9.17, 15) is 9.59 Å². The molecule has 2 unspecified atom stereocenters. The molecule has 0 aromatic heterocycles. The number of aryl methyl sites for hydroxylation is 1. The third-order valence-corrected chi connectivity index (χ3v) is 3.45. The number of nitrogens with two attached hydrogens (primary N) is 2. The maximum Gasteiger partial charge on any atom is 0.221 e. The Morgan fingerprint density at radius 3 is 2.65 bits per heavy atom. The van der Waals surface area contributed by atoms with Gasteiger partial charge in [-0.2, -0.15) is 0 Å². The summed E-state index contributed by atoms with van der Waals surface area (Å²) in [6, 6.07) is 7.98. The second kappa shape index (κ2) is 4.57. The first-order valence-corrected chi connectivity index (χ1v) is 5.75. The molecule has 0 radical (unpaired) electrons. The number of carbonyl (C=O) groups is 2. The van der Waals surface area contributed by atoms with E-state index in [-0.39, 0.29) is 12.3 Å². The zero-order valence-corrected chi connectivity index (χ0v) is 9.56. The van der Waals surface area contributed by atoms with Crippen molar-refractivity contribution in [3.05, 3.63) is 35.4 Å². The van der Waals surface area contributed by atoms with Gasteiger partial charge in [0.15, 0.2) is 0 Å². The highest BCUT2D eigenvalue weighted by molar-refractivity contribution is 5.85. The minimum absolute atomic E-state index is 0.0360. The van der Waals surface area contributed by atoms with Gasteiger partial charge in [0.2, 0.25) is 11.8 Å². The summed E-state index contributed by atoms with van der Waals surface area (Å²) in [6.07, 6.45) is 1.83. The second-order valence-electron chi connectivity index (χ2n) is 4.52. The fourth-order valence-electron chi connectivity index (χ4n) is 2.67. The van der Waals surface area contributed by atoms with Crippen LogP contribution in [0.25, 0.3) is 0 Å². The van der Waals surface area contributed by atoms with E-state index in [0.717, 1.165) is 18.4 Å². The van der Waals surface area contributed by atoms with Crippen LogP contribution in [0.2, 0.25) is 0 Å². The summed E-state index contributed by atoms with van der Waals surface area (Å²) in [5, 5.41) is 0. The fourth-order valence-corrected chi connectivity index (χ4v) is 2.67. The average molecular weight is 232 g/mol. The summed E-state index contributed by atoms with van der Waals surface area (Å²) in [5.74, 6) is -1.35. The number of hydrogen-bond donors (Lipinski definition) is 2. The Morgan fingerprint density at radius 1 is 1.29 bits per heavy atom. The number of carbonyl (C=O) groups excluding carboxylic acids is 2. The van der Waals surface area contributed by atoms with Gasteiger partial charge in [-0.1, -0.05) is 24.3 Å². The lowest BCUT2D eigenvalue weighted by atomic mass is 9.84. The first-order valence-electron chi connectivity index (χ1n) is 5.75. The average Bonchev–Trinajstić information content (AvgIpc) is 2.69. The standard InChI is InChI=1S/C13H16N2O2/c14-12(16)7-11(13(15)17)10-6-5-8-3-1-2-4-9(8)10/h1-4,10-11H,5-7H2,(H2,14,16)(H2,15,17). The van der Waals surface area contributed by atoms with Gasteiger partial charge in [0.1, 0.15) is 0 Å². The molecule has 2 rings (SSSR count). The normalized spacial score (nSPS) is 19.6. The van der Waals surface area contributed by atoms with Crippen LogP contribution in [0, 0.1) is 5.92 Å². The van der Waals surface area contributed by atoms with Gasteiger partial charge in [0.25, 0.3) is 0 Å². The minimum Gasteiger partial charge on any atom is -0.370 e. The zero-order chi connectivity index (χ0) is 12.4. The molecule has 1 aliphatic rings. The molecular formula is C13H16N2O2. The Balaban J connectivity index is 2.27. The molecule has 0 spiro atoms. The molecule has 2 atom stereocenters. The Hall–Kier alpha value is -1.84. The van der Waals surface area contributed by atoms with E-state index in [0.29, 0.717) is 0 Å². The van der Waals surface area contributed by atoms with Crippen LogP contribution in [-0.2, 0) is 16.0 Å². The highest BCUT2D eigenvalue weighted by atomic mass is 16.2. The Labute approximate surface area is 100.0 Å². The van der Waals surface area contributed by atoms with E-state index in [2.05, 4.69) is 6.07 Å². The van der Waals surface area contributed by atoms with Crippen LogP contribution >= 0.6 is 0 Å². The molecule has 4 nitrogen and oxygen atoms in total. The van der Waals surface area contributed by atoms with Crippen molar-refractivity contribution in [2.75, 3.05) is 0 Å². The molecule has 2 amide bonds. The van der Waals surface area contributed by atoms with Crippen molar-refractivity contribution in [1.82, 2.24) is 0 Å².